The topological polar surface area (TPSA) is 40.4 Å². The van der Waals surface area contributed by atoms with Crippen LogP contribution in [0.15, 0.2) is 30.3 Å². The summed E-state index contributed by atoms with van der Waals surface area (Å²) in [7, 11) is 0. The van der Waals surface area contributed by atoms with Gasteiger partial charge in [-0.2, -0.15) is 0 Å². The maximum Gasteiger partial charge on any atom is 1.00 e. The summed E-state index contributed by atoms with van der Waals surface area (Å²) in [4.78, 5) is 10.8. The second kappa shape index (κ2) is 4.54. The van der Waals surface area contributed by atoms with E-state index in [-0.39, 0.29) is 31.0 Å². The van der Waals surface area contributed by atoms with Gasteiger partial charge in [-0.15, -0.1) is 0 Å². The molecule has 0 bridgehead atoms. The van der Waals surface area contributed by atoms with Crippen LogP contribution in [0.1, 0.15) is 18.6 Å². The largest absolute Gasteiger partial charge is 1.00 e. The molecule has 0 aliphatic carbocycles. The van der Waals surface area contributed by atoms with Crippen LogP contribution in [0.3, 0.4) is 0 Å². The fourth-order valence-corrected chi connectivity index (χ4v) is 1.46. The van der Waals surface area contributed by atoms with Crippen LogP contribution in [0.4, 0.5) is 4.79 Å². The van der Waals surface area contributed by atoms with Gasteiger partial charge in [-0.1, -0.05) is 43.3 Å². The summed E-state index contributed by atoms with van der Waals surface area (Å²) in [6, 6.07) is 9.59. The molecular formula is C10H10LiNO2. The van der Waals surface area contributed by atoms with E-state index in [4.69, 9.17) is 4.74 Å². The Kier molecular flexibility index (Phi) is 3.62. The van der Waals surface area contributed by atoms with Crippen LogP contribution < -0.4 is 18.9 Å². The minimum atomic E-state index is -0.457. The molecule has 1 heterocycles. The number of carbonyl (C=O) groups is 1. The van der Waals surface area contributed by atoms with Crippen molar-refractivity contribution in [2.45, 2.75) is 19.1 Å². The molecule has 0 radical (unpaired) electrons. The first kappa shape index (κ1) is 11.2. The quantitative estimate of drug-likeness (QED) is 0.558. The van der Waals surface area contributed by atoms with Crippen molar-refractivity contribution < 1.29 is 28.4 Å². The second-order valence-electron chi connectivity index (χ2n) is 3.08. The van der Waals surface area contributed by atoms with Crippen LogP contribution in [0, 0.1) is 0 Å². The van der Waals surface area contributed by atoms with Crippen molar-refractivity contribution in [1.82, 2.24) is 0 Å². The molecule has 2 atom stereocenters. The number of ether oxygens (including phenoxy) is 1. The van der Waals surface area contributed by atoms with Gasteiger partial charge in [0.25, 0.3) is 0 Å². The molecule has 1 fully saturated rings. The van der Waals surface area contributed by atoms with Crippen LogP contribution in [0.2, 0.25) is 0 Å². The SMILES string of the molecule is CC1[N-]C(=O)OC1c1ccccc1.[Li+]. The third-order valence-electron chi connectivity index (χ3n) is 2.10. The Bertz CT molecular complexity index is 315. The van der Waals surface area contributed by atoms with Gasteiger partial charge < -0.3 is 10.1 Å². The molecule has 1 aromatic rings. The van der Waals surface area contributed by atoms with Crippen molar-refractivity contribution in [3.05, 3.63) is 41.2 Å². The fraction of sp³-hybridized carbons (Fsp3) is 0.300. The Hall–Kier alpha value is -0.913. The molecule has 2 unspecified atom stereocenters. The number of carbonyl (C=O) groups excluding carboxylic acids is 1. The Labute approximate surface area is 95.0 Å². The molecule has 2 rings (SSSR count). The zero-order valence-corrected chi connectivity index (χ0v) is 8.31. The van der Waals surface area contributed by atoms with E-state index in [9.17, 15) is 4.79 Å². The third-order valence-corrected chi connectivity index (χ3v) is 2.10. The zero-order chi connectivity index (χ0) is 9.26. The number of benzene rings is 1. The number of hydrogen-bond acceptors (Lipinski definition) is 2. The molecule has 0 N–H and O–H groups in total. The van der Waals surface area contributed by atoms with Gasteiger partial charge in [-0.25, -0.2) is 0 Å². The summed E-state index contributed by atoms with van der Waals surface area (Å²) in [6.45, 7) is 1.88. The molecule has 4 heteroatoms. The van der Waals surface area contributed by atoms with E-state index in [0.29, 0.717) is 0 Å². The summed E-state index contributed by atoms with van der Waals surface area (Å²) < 4.78 is 5.05. The molecule has 1 aliphatic rings. The van der Waals surface area contributed by atoms with Crippen molar-refractivity contribution in [2.75, 3.05) is 0 Å². The molecular weight excluding hydrogens is 173 g/mol. The van der Waals surface area contributed by atoms with Gasteiger partial charge >= 0.3 is 18.9 Å². The predicted octanol–water partition coefficient (Wildman–Crippen LogP) is -0.356. The minimum Gasteiger partial charge on any atom is -0.612 e. The first-order chi connectivity index (χ1) is 6.27. The number of amides is 1. The Balaban J connectivity index is 0.000000980. The van der Waals surface area contributed by atoms with Crippen molar-refractivity contribution in [3.8, 4) is 0 Å². The van der Waals surface area contributed by atoms with Crippen molar-refractivity contribution in [3.63, 3.8) is 0 Å². The molecule has 0 saturated carbocycles. The first-order valence-corrected chi connectivity index (χ1v) is 4.24. The number of nitrogens with zero attached hydrogens (tertiary/aromatic N) is 1. The fourth-order valence-electron chi connectivity index (χ4n) is 1.46. The van der Waals surface area contributed by atoms with E-state index in [0.717, 1.165) is 5.56 Å². The van der Waals surface area contributed by atoms with E-state index >= 15 is 0 Å². The number of rotatable bonds is 1. The molecule has 0 aromatic heterocycles. The van der Waals surface area contributed by atoms with Crippen LogP contribution in [-0.4, -0.2) is 12.1 Å². The van der Waals surface area contributed by atoms with Crippen LogP contribution >= 0.6 is 0 Å². The summed E-state index contributed by atoms with van der Waals surface area (Å²) >= 11 is 0. The molecule has 0 spiro atoms. The van der Waals surface area contributed by atoms with Gasteiger partial charge in [0.2, 0.25) is 6.09 Å². The zero-order valence-electron chi connectivity index (χ0n) is 8.31. The summed E-state index contributed by atoms with van der Waals surface area (Å²) in [5, 5.41) is 3.79. The summed E-state index contributed by atoms with van der Waals surface area (Å²) in [6.07, 6.45) is -0.657. The Morgan fingerprint density at radius 3 is 2.43 bits per heavy atom. The number of hydrogen-bond donors (Lipinski definition) is 0. The van der Waals surface area contributed by atoms with E-state index in [1.54, 1.807) is 0 Å². The number of cyclic esters (lactones) is 1. The third kappa shape index (κ3) is 2.12. The van der Waals surface area contributed by atoms with E-state index in [1.807, 2.05) is 37.3 Å². The molecule has 1 saturated heterocycles. The van der Waals surface area contributed by atoms with Gasteiger partial charge in [-0.3, -0.25) is 4.79 Å². The standard InChI is InChI=1S/C10H11NO2.Li/c1-7-9(13-10(12)11-7)8-5-3-2-4-6-8;/h2-7,9H,1H3,(H,11,12);/q;+1/p-1. The second-order valence-corrected chi connectivity index (χ2v) is 3.08. The molecule has 68 valence electrons. The minimum absolute atomic E-state index is 0. The van der Waals surface area contributed by atoms with E-state index < -0.39 is 6.09 Å². The van der Waals surface area contributed by atoms with Gasteiger partial charge in [0, 0.05) is 0 Å². The van der Waals surface area contributed by atoms with Gasteiger partial charge in [0.1, 0.15) is 6.10 Å². The van der Waals surface area contributed by atoms with Gasteiger partial charge in [-0.05, 0) is 5.56 Å². The van der Waals surface area contributed by atoms with Crippen molar-refractivity contribution >= 4 is 6.09 Å². The van der Waals surface area contributed by atoms with Crippen LogP contribution in [0.25, 0.3) is 5.32 Å². The molecule has 3 nitrogen and oxygen atoms in total. The Morgan fingerprint density at radius 2 is 1.93 bits per heavy atom. The van der Waals surface area contributed by atoms with E-state index in [2.05, 4.69) is 5.32 Å². The predicted molar refractivity (Wildman–Crippen MR) is 48.5 cm³/mol. The van der Waals surface area contributed by atoms with Crippen molar-refractivity contribution in [2.24, 2.45) is 0 Å². The maximum absolute atomic E-state index is 10.8. The van der Waals surface area contributed by atoms with E-state index in [1.165, 1.54) is 0 Å². The molecule has 1 aromatic carbocycles. The Morgan fingerprint density at radius 1 is 1.29 bits per heavy atom. The normalized spacial score (nSPS) is 24.8. The van der Waals surface area contributed by atoms with Crippen LogP contribution in [-0.2, 0) is 4.74 Å². The summed E-state index contributed by atoms with van der Waals surface area (Å²) in [5.74, 6) is 0. The smallest absolute Gasteiger partial charge is 0.612 e. The van der Waals surface area contributed by atoms with Crippen LogP contribution in [0.5, 0.6) is 0 Å². The molecule has 1 amide bonds. The van der Waals surface area contributed by atoms with Gasteiger partial charge in [0.05, 0.1) is 0 Å². The van der Waals surface area contributed by atoms with Gasteiger partial charge in [0.15, 0.2) is 0 Å². The average molecular weight is 183 g/mol. The first-order valence-electron chi connectivity index (χ1n) is 4.24. The average Bonchev–Trinajstić information content (AvgIpc) is 2.47. The monoisotopic (exact) mass is 183 g/mol. The molecule has 1 aliphatic heterocycles. The summed E-state index contributed by atoms with van der Waals surface area (Å²) in [5.41, 5.74) is 1.00. The molecule has 14 heavy (non-hydrogen) atoms. The van der Waals surface area contributed by atoms with Crippen molar-refractivity contribution in [1.29, 1.82) is 0 Å². The maximum atomic E-state index is 10.8.